The summed E-state index contributed by atoms with van der Waals surface area (Å²) in [5.74, 6) is -1.07. The van der Waals surface area contributed by atoms with Crippen LogP contribution in [0, 0.1) is 0 Å². The predicted octanol–water partition coefficient (Wildman–Crippen LogP) is 1.84. The Kier molecular flexibility index (Phi) is 3.91. The molecule has 4 N–H and O–H groups in total. The second-order valence-corrected chi connectivity index (χ2v) is 4.59. The molecule has 0 aliphatic heterocycles. The summed E-state index contributed by atoms with van der Waals surface area (Å²) in [5, 5.41) is 14.2. The molecule has 0 spiro atoms. The average Bonchev–Trinajstić information content (AvgIpc) is 2.85. The lowest BCUT2D eigenvalue weighted by Crippen LogP contribution is -2.20. The number of nitrogens with one attached hydrogen (secondary N) is 1. The average molecular weight is 263 g/mol. The summed E-state index contributed by atoms with van der Waals surface area (Å²) in [7, 11) is 0. The standard InChI is InChI=1S/C12H13N3O2S/c13-10(11(16)17)9-7-18-12(15-9)14-6-8-4-2-1-3-5-8/h1-5,7,10H,6,13H2,(H,14,15)(H,16,17). The van der Waals surface area contributed by atoms with E-state index in [1.165, 1.54) is 11.3 Å². The molecule has 94 valence electrons. The highest BCUT2D eigenvalue weighted by molar-refractivity contribution is 7.13. The first-order valence-corrected chi connectivity index (χ1v) is 6.26. The van der Waals surface area contributed by atoms with E-state index in [4.69, 9.17) is 10.8 Å². The normalized spacial score (nSPS) is 12.1. The zero-order valence-corrected chi connectivity index (χ0v) is 10.4. The fourth-order valence-corrected chi connectivity index (χ4v) is 2.16. The van der Waals surface area contributed by atoms with Gasteiger partial charge in [0.1, 0.15) is 6.04 Å². The minimum atomic E-state index is -1.07. The fraction of sp³-hybridized carbons (Fsp3) is 0.167. The molecule has 6 heteroatoms. The highest BCUT2D eigenvalue weighted by atomic mass is 32.1. The van der Waals surface area contributed by atoms with Crippen LogP contribution in [-0.2, 0) is 11.3 Å². The Balaban J connectivity index is 1.97. The molecule has 0 radical (unpaired) electrons. The molecule has 1 unspecified atom stereocenters. The topological polar surface area (TPSA) is 88.2 Å². The summed E-state index contributed by atoms with van der Waals surface area (Å²) in [4.78, 5) is 14.9. The Morgan fingerprint density at radius 1 is 1.44 bits per heavy atom. The van der Waals surface area contributed by atoms with E-state index >= 15 is 0 Å². The van der Waals surface area contributed by atoms with Crippen LogP contribution in [0.2, 0.25) is 0 Å². The Morgan fingerprint density at radius 3 is 2.83 bits per heavy atom. The maximum atomic E-state index is 10.7. The Bertz CT molecular complexity index is 527. The monoisotopic (exact) mass is 263 g/mol. The quantitative estimate of drug-likeness (QED) is 0.766. The number of carbonyl (C=O) groups is 1. The van der Waals surface area contributed by atoms with Gasteiger partial charge in [-0.2, -0.15) is 0 Å². The lowest BCUT2D eigenvalue weighted by Gasteiger charge is -2.03. The number of nitrogens with two attached hydrogens (primary N) is 1. The molecule has 1 aromatic heterocycles. The molecule has 0 aliphatic rings. The van der Waals surface area contributed by atoms with Crippen molar-refractivity contribution < 1.29 is 9.90 Å². The second kappa shape index (κ2) is 5.61. The molecule has 1 atom stereocenters. The lowest BCUT2D eigenvalue weighted by atomic mass is 10.2. The molecule has 1 heterocycles. The van der Waals surface area contributed by atoms with E-state index in [0.29, 0.717) is 17.4 Å². The maximum absolute atomic E-state index is 10.7. The molecule has 1 aromatic carbocycles. The molecule has 2 aromatic rings. The maximum Gasteiger partial charge on any atom is 0.326 e. The van der Waals surface area contributed by atoms with E-state index in [1.807, 2.05) is 30.3 Å². The molecule has 0 aliphatic carbocycles. The van der Waals surface area contributed by atoms with Crippen LogP contribution in [0.5, 0.6) is 0 Å². The van der Waals surface area contributed by atoms with Crippen molar-refractivity contribution in [3.05, 3.63) is 47.0 Å². The number of nitrogens with zero attached hydrogens (tertiary/aromatic N) is 1. The van der Waals surface area contributed by atoms with Crippen LogP contribution < -0.4 is 11.1 Å². The zero-order chi connectivity index (χ0) is 13.0. The molecular weight excluding hydrogens is 250 g/mol. The van der Waals surface area contributed by atoms with Gasteiger partial charge in [0.2, 0.25) is 0 Å². The first-order valence-electron chi connectivity index (χ1n) is 5.38. The van der Waals surface area contributed by atoms with E-state index in [2.05, 4.69) is 10.3 Å². The van der Waals surface area contributed by atoms with Gasteiger partial charge in [-0.3, -0.25) is 4.79 Å². The van der Waals surface area contributed by atoms with Crippen LogP contribution in [0.3, 0.4) is 0 Å². The number of hydrogen-bond donors (Lipinski definition) is 3. The van der Waals surface area contributed by atoms with Crippen LogP contribution in [0.1, 0.15) is 17.3 Å². The molecule has 0 bridgehead atoms. The first kappa shape index (κ1) is 12.5. The van der Waals surface area contributed by atoms with Crippen LogP contribution in [0.15, 0.2) is 35.7 Å². The van der Waals surface area contributed by atoms with Gasteiger partial charge in [-0.1, -0.05) is 30.3 Å². The molecule has 0 saturated carbocycles. The van der Waals surface area contributed by atoms with Gasteiger partial charge in [0.25, 0.3) is 0 Å². The van der Waals surface area contributed by atoms with Crippen LogP contribution in [0.25, 0.3) is 0 Å². The van der Waals surface area contributed by atoms with E-state index in [1.54, 1.807) is 5.38 Å². The van der Waals surface area contributed by atoms with Crippen molar-refractivity contribution in [3.63, 3.8) is 0 Å². The van der Waals surface area contributed by atoms with Gasteiger partial charge in [0.15, 0.2) is 5.13 Å². The highest BCUT2D eigenvalue weighted by Gasteiger charge is 2.17. The predicted molar refractivity (Wildman–Crippen MR) is 70.4 cm³/mol. The van der Waals surface area contributed by atoms with Crippen LogP contribution >= 0.6 is 11.3 Å². The Morgan fingerprint density at radius 2 is 2.17 bits per heavy atom. The molecule has 18 heavy (non-hydrogen) atoms. The smallest absolute Gasteiger partial charge is 0.326 e. The third-order valence-electron chi connectivity index (χ3n) is 2.39. The molecule has 5 nitrogen and oxygen atoms in total. The minimum Gasteiger partial charge on any atom is -0.480 e. The number of rotatable bonds is 5. The number of anilines is 1. The SMILES string of the molecule is NC(C(=O)O)c1csc(NCc2ccccc2)n1. The van der Waals surface area contributed by atoms with Crippen molar-refractivity contribution in [2.75, 3.05) is 5.32 Å². The summed E-state index contributed by atoms with van der Waals surface area (Å²) in [5.41, 5.74) is 6.99. The number of carboxylic acid groups (broad SMARTS) is 1. The largest absolute Gasteiger partial charge is 0.480 e. The number of carboxylic acids is 1. The summed E-state index contributed by atoms with van der Waals surface area (Å²) >= 11 is 1.35. The molecule has 2 rings (SSSR count). The van der Waals surface area contributed by atoms with E-state index in [0.717, 1.165) is 5.56 Å². The van der Waals surface area contributed by atoms with E-state index < -0.39 is 12.0 Å². The lowest BCUT2D eigenvalue weighted by molar-refractivity contribution is -0.138. The van der Waals surface area contributed by atoms with Gasteiger partial charge >= 0.3 is 5.97 Å². The summed E-state index contributed by atoms with van der Waals surface area (Å²) < 4.78 is 0. The van der Waals surface area contributed by atoms with Gasteiger partial charge in [-0.05, 0) is 5.56 Å². The third kappa shape index (κ3) is 3.06. The molecular formula is C12H13N3O2S. The summed E-state index contributed by atoms with van der Waals surface area (Å²) in [6.45, 7) is 0.649. The fourth-order valence-electron chi connectivity index (χ4n) is 1.41. The van der Waals surface area contributed by atoms with Gasteiger partial charge in [0, 0.05) is 11.9 Å². The third-order valence-corrected chi connectivity index (χ3v) is 3.21. The molecule has 0 saturated heterocycles. The van der Waals surface area contributed by atoms with Gasteiger partial charge in [0.05, 0.1) is 5.69 Å². The van der Waals surface area contributed by atoms with Crippen LogP contribution in [0.4, 0.5) is 5.13 Å². The Hall–Kier alpha value is -1.92. The van der Waals surface area contributed by atoms with E-state index in [9.17, 15) is 4.79 Å². The highest BCUT2D eigenvalue weighted by Crippen LogP contribution is 2.20. The molecule has 0 fully saturated rings. The van der Waals surface area contributed by atoms with Crippen LogP contribution in [-0.4, -0.2) is 16.1 Å². The van der Waals surface area contributed by atoms with Crippen molar-refractivity contribution in [1.29, 1.82) is 0 Å². The van der Waals surface area contributed by atoms with Crippen molar-refractivity contribution in [2.24, 2.45) is 5.73 Å². The number of benzene rings is 1. The van der Waals surface area contributed by atoms with Crippen molar-refractivity contribution in [1.82, 2.24) is 4.98 Å². The molecule has 0 amide bonds. The summed E-state index contributed by atoms with van der Waals surface area (Å²) in [6, 6.07) is 8.83. The van der Waals surface area contributed by atoms with Gasteiger partial charge < -0.3 is 16.2 Å². The minimum absolute atomic E-state index is 0.378. The van der Waals surface area contributed by atoms with E-state index in [-0.39, 0.29) is 0 Å². The first-order chi connectivity index (χ1) is 8.66. The van der Waals surface area contributed by atoms with Gasteiger partial charge in [-0.15, -0.1) is 11.3 Å². The number of thiazole rings is 1. The second-order valence-electron chi connectivity index (χ2n) is 3.73. The number of hydrogen-bond acceptors (Lipinski definition) is 5. The van der Waals surface area contributed by atoms with Crippen molar-refractivity contribution in [3.8, 4) is 0 Å². The zero-order valence-electron chi connectivity index (χ0n) is 9.54. The summed E-state index contributed by atoms with van der Waals surface area (Å²) in [6.07, 6.45) is 0. The van der Waals surface area contributed by atoms with Gasteiger partial charge in [-0.25, -0.2) is 4.98 Å². The number of aliphatic carboxylic acids is 1. The van der Waals surface area contributed by atoms with Crippen molar-refractivity contribution in [2.45, 2.75) is 12.6 Å². The van der Waals surface area contributed by atoms with Crippen molar-refractivity contribution >= 4 is 22.4 Å². The number of aromatic nitrogens is 1. The Labute approximate surface area is 108 Å².